The Hall–Kier alpha value is -2.10. The van der Waals surface area contributed by atoms with Crippen molar-refractivity contribution in [1.29, 1.82) is 0 Å². The summed E-state index contributed by atoms with van der Waals surface area (Å²) in [5.41, 5.74) is 2.72. The summed E-state index contributed by atoms with van der Waals surface area (Å²) in [7, 11) is 0. The van der Waals surface area contributed by atoms with Gasteiger partial charge in [0.2, 0.25) is 0 Å². The van der Waals surface area contributed by atoms with Crippen LogP contribution in [0.15, 0.2) is 24.3 Å². The Labute approximate surface area is 93.0 Å². The molecule has 4 nitrogen and oxygen atoms in total. The summed E-state index contributed by atoms with van der Waals surface area (Å²) in [6.45, 7) is 3.80. The van der Waals surface area contributed by atoms with E-state index >= 15 is 0 Å². The molecule has 1 aromatic carbocycles. The molecule has 0 atom stereocenters. The van der Waals surface area contributed by atoms with Gasteiger partial charge in [-0.15, -0.1) is 0 Å². The van der Waals surface area contributed by atoms with Gasteiger partial charge in [-0.05, 0) is 19.9 Å². The molecule has 0 bridgehead atoms. The number of imidazole rings is 1. The molecule has 0 spiro atoms. The average Bonchev–Trinajstić information content (AvgIpc) is 2.59. The molecule has 0 aliphatic heterocycles. The molecular weight excluding hydrogens is 204 g/mol. The van der Waals surface area contributed by atoms with Crippen LogP contribution in [0.25, 0.3) is 11.4 Å². The first-order chi connectivity index (χ1) is 7.59. The second kappa shape index (κ2) is 3.81. The topological polar surface area (TPSA) is 66.0 Å². The zero-order valence-electron chi connectivity index (χ0n) is 9.11. The third kappa shape index (κ3) is 1.69. The van der Waals surface area contributed by atoms with Crippen LogP contribution in [0, 0.1) is 13.8 Å². The lowest BCUT2D eigenvalue weighted by atomic mass is 10.1. The number of rotatable bonds is 2. The van der Waals surface area contributed by atoms with E-state index in [9.17, 15) is 4.79 Å². The van der Waals surface area contributed by atoms with Crippen LogP contribution in [0.3, 0.4) is 0 Å². The maximum Gasteiger partial charge on any atom is 0.336 e. The number of carbonyl (C=O) groups is 1. The minimum absolute atomic E-state index is 0.260. The average molecular weight is 216 g/mol. The van der Waals surface area contributed by atoms with Crippen LogP contribution in [0.5, 0.6) is 0 Å². The molecule has 0 fully saturated rings. The van der Waals surface area contributed by atoms with Gasteiger partial charge in [0, 0.05) is 11.3 Å². The molecule has 1 heterocycles. The second-order valence-corrected chi connectivity index (χ2v) is 3.65. The highest BCUT2D eigenvalue weighted by molar-refractivity contribution is 5.94. The van der Waals surface area contributed by atoms with E-state index in [0.717, 1.165) is 11.4 Å². The maximum atomic E-state index is 11.0. The van der Waals surface area contributed by atoms with Gasteiger partial charge in [0.1, 0.15) is 5.82 Å². The van der Waals surface area contributed by atoms with E-state index in [1.807, 2.05) is 13.8 Å². The molecule has 0 saturated carbocycles. The van der Waals surface area contributed by atoms with Crippen molar-refractivity contribution in [1.82, 2.24) is 9.97 Å². The Morgan fingerprint density at radius 2 is 2.00 bits per heavy atom. The number of hydrogen-bond donors (Lipinski definition) is 2. The predicted octanol–water partition coefficient (Wildman–Crippen LogP) is 2.39. The lowest BCUT2D eigenvalue weighted by Crippen LogP contribution is -1.99. The van der Waals surface area contributed by atoms with Crippen LogP contribution in [-0.2, 0) is 0 Å². The van der Waals surface area contributed by atoms with Gasteiger partial charge >= 0.3 is 5.97 Å². The van der Waals surface area contributed by atoms with Gasteiger partial charge in [0.25, 0.3) is 0 Å². The number of nitrogens with zero attached hydrogens (tertiary/aromatic N) is 1. The first kappa shape index (κ1) is 10.4. The third-order valence-electron chi connectivity index (χ3n) is 2.54. The smallest absolute Gasteiger partial charge is 0.336 e. The standard InChI is InChI=1S/C12H12N2O2/c1-7-8(2)14-11(13-7)9-5-3-4-6-10(9)12(15)16/h3-6H,1-2H3,(H,13,14)(H,15,16). The fourth-order valence-corrected chi connectivity index (χ4v) is 1.55. The Balaban J connectivity index is 2.59. The second-order valence-electron chi connectivity index (χ2n) is 3.65. The molecule has 0 unspecified atom stereocenters. The van der Waals surface area contributed by atoms with Crippen molar-refractivity contribution >= 4 is 5.97 Å². The lowest BCUT2D eigenvalue weighted by Gasteiger charge is -2.01. The molecule has 0 radical (unpaired) electrons. The zero-order chi connectivity index (χ0) is 11.7. The summed E-state index contributed by atoms with van der Waals surface area (Å²) in [4.78, 5) is 18.4. The van der Waals surface area contributed by atoms with E-state index in [1.54, 1.807) is 24.3 Å². The Bertz CT molecular complexity index is 524. The molecule has 16 heavy (non-hydrogen) atoms. The molecule has 2 aromatic rings. The van der Waals surface area contributed by atoms with Crippen LogP contribution in [-0.4, -0.2) is 21.0 Å². The molecule has 4 heteroatoms. The van der Waals surface area contributed by atoms with Gasteiger partial charge in [-0.3, -0.25) is 0 Å². The van der Waals surface area contributed by atoms with Crippen LogP contribution in [0.4, 0.5) is 0 Å². The van der Waals surface area contributed by atoms with Crippen molar-refractivity contribution in [2.75, 3.05) is 0 Å². The van der Waals surface area contributed by atoms with Crippen LogP contribution in [0.2, 0.25) is 0 Å². The van der Waals surface area contributed by atoms with Gasteiger partial charge in [0.05, 0.1) is 11.3 Å². The highest BCUT2D eigenvalue weighted by Gasteiger charge is 2.13. The number of aromatic nitrogens is 2. The maximum absolute atomic E-state index is 11.0. The van der Waals surface area contributed by atoms with Gasteiger partial charge in [-0.25, -0.2) is 9.78 Å². The van der Waals surface area contributed by atoms with Crippen molar-refractivity contribution in [3.63, 3.8) is 0 Å². The van der Waals surface area contributed by atoms with E-state index in [0.29, 0.717) is 11.4 Å². The highest BCUT2D eigenvalue weighted by Crippen LogP contribution is 2.21. The number of benzene rings is 1. The molecule has 82 valence electrons. The minimum Gasteiger partial charge on any atom is -0.478 e. The van der Waals surface area contributed by atoms with E-state index in [4.69, 9.17) is 5.11 Å². The SMILES string of the molecule is Cc1nc(-c2ccccc2C(=O)O)[nH]c1C. The van der Waals surface area contributed by atoms with Gasteiger partial charge < -0.3 is 10.1 Å². The van der Waals surface area contributed by atoms with E-state index in [2.05, 4.69) is 9.97 Å². The Kier molecular flexibility index (Phi) is 2.48. The van der Waals surface area contributed by atoms with E-state index < -0.39 is 5.97 Å². The van der Waals surface area contributed by atoms with Crippen molar-refractivity contribution in [2.24, 2.45) is 0 Å². The zero-order valence-corrected chi connectivity index (χ0v) is 9.11. The summed E-state index contributed by atoms with van der Waals surface area (Å²) >= 11 is 0. The number of carboxylic acid groups (broad SMARTS) is 1. The summed E-state index contributed by atoms with van der Waals surface area (Å²) < 4.78 is 0. The molecule has 0 aliphatic rings. The number of nitrogens with one attached hydrogen (secondary N) is 1. The molecular formula is C12H12N2O2. The van der Waals surface area contributed by atoms with Gasteiger partial charge in [-0.2, -0.15) is 0 Å². The number of carboxylic acids is 1. The summed E-state index contributed by atoms with van der Waals surface area (Å²) in [5.74, 6) is -0.338. The Morgan fingerprint density at radius 1 is 1.31 bits per heavy atom. The van der Waals surface area contributed by atoms with E-state index in [-0.39, 0.29) is 5.56 Å². The van der Waals surface area contributed by atoms with Crippen LogP contribution < -0.4 is 0 Å². The number of aromatic amines is 1. The summed E-state index contributed by atoms with van der Waals surface area (Å²) in [6.07, 6.45) is 0. The fourth-order valence-electron chi connectivity index (χ4n) is 1.55. The van der Waals surface area contributed by atoms with Crippen molar-refractivity contribution in [3.8, 4) is 11.4 Å². The van der Waals surface area contributed by atoms with Gasteiger partial charge in [0.15, 0.2) is 0 Å². The number of aryl methyl sites for hydroxylation is 2. The van der Waals surface area contributed by atoms with Crippen LogP contribution >= 0.6 is 0 Å². The third-order valence-corrected chi connectivity index (χ3v) is 2.54. The minimum atomic E-state index is -0.942. The lowest BCUT2D eigenvalue weighted by molar-refractivity contribution is 0.0697. The normalized spacial score (nSPS) is 10.4. The molecule has 0 amide bonds. The van der Waals surface area contributed by atoms with Crippen molar-refractivity contribution < 1.29 is 9.90 Å². The number of aromatic carboxylic acids is 1. The van der Waals surface area contributed by atoms with E-state index in [1.165, 1.54) is 0 Å². The quantitative estimate of drug-likeness (QED) is 0.810. The summed E-state index contributed by atoms with van der Waals surface area (Å²) in [6, 6.07) is 6.83. The first-order valence-corrected chi connectivity index (χ1v) is 4.95. The monoisotopic (exact) mass is 216 g/mol. The van der Waals surface area contributed by atoms with Gasteiger partial charge in [-0.1, -0.05) is 18.2 Å². The fraction of sp³-hybridized carbons (Fsp3) is 0.167. The largest absolute Gasteiger partial charge is 0.478 e. The molecule has 1 aromatic heterocycles. The highest BCUT2D eigenvalue weighted by atomic mass is 16.4. The molecule has 0 aliphatic carbocycles. The molecule has 2 rings (SSSR count). The summed E-state index contributed by atoms with van der Waals surface area (Å²) in [5, 5.41) is 9.06. The van der Waals surface area contributed by atoms with Crippen molar-refractivity contribution in [3.05, 3.63) is 41.2 Å². The number of hydrogen-bond acceptors (Lipinski definition) is 2. The molecule has 0 saturated heterocycles. The van der Waals surface area contributed by atoms with Crippen LogP contribution in [0.1, 0.15) is 21.7 Å². The van der Waals surface area contributed by atoms with Crippen molar-refractivity contribution in [2.45, 2.75) is 13.8 Å². The molecule has 2 N–H and O–H groups in total. The first-order valence-electron chi connectivity index (χ1n) is 4.95. The number of H-pyrrole nitrogens is 1. The Morgan fingerprint density at radius 3 is 2.56 bits per heavy atom. The predicted molar refractivity (Wildman–Crippen MR) is 60.5 cm³/mol.